The molecule has 1 unspecified atom stereocenters. The highest BCUT2D eigenvalue weighted by molar-refractivity contribution is 5.90. The topological polar surface area (TPSA) is 87.3 Å². The van der Waals surface area contributed by atoms with Gasteiger partial charge in [-0.05, 0) is 46.4 Å². The fourth-order valence-corrected chi connectivity index (χ4v) is 3.69. The first kappa shape index (κ1) is 24.0. The van der Waals surface area contributed by atoms with E-state index in [9.17, 15) is 14.4 Å². The second-order valence-electron chi connectivity index (χ2n) is 8.57. The van der Waals surface area contributed by atoms with Crippen molar-refractivity contribution in [3.05, 3.63) is 77.9 Å². The van der Waals surface area contributed by atoms with E-state index in [2.05, 4.69) is 16.0 Å². The first-order valence-electron chi connectivity index (χ1n) is 11.2. The highest BCUT2D eigenvalue weighted by atomic mass is 16.2. The monoisotopic (exact) mass is 445 g/mol. The molecule has 6 nitrogen and oxygen atoms in total. The Morgan fingerprint density at radius 1 is 0.848 bits per heavy atom. The van der Waals surface area contributed by atoms with Crippen LogP contribution in [0.5, 0.6) is 0 Å². The third kappa shape index (κ3) is 7.17. The van der Waals surface area contributed by atoms with E-state index >= 15 is 0 Å². The largest absolute Gasteiger partial charge is 0.354 e. The molecule has 1 atom stereocenters. The van der Waals surface area contributed by atoms with Crippen molar-refractivity contribution < 1.29 is 14.4 Å². The average Bonchev–Trinajstić information content (AvgIpc) is 2.78. The number of benzene rings is 3. The number of nitrogens with one attached hydrogen (secondary N) is 3. The first-order chi connectivity index (χ1) is 15.8. The molecule has 172 valence electrons. The summed E-state index contributed by atoms with van der Waals surface area (Å²) in [5.74, 6) is -0.515. The third-order valence-corrected chi connectivity index (χ3v) is 5.43. The van der Waals surface area contributed by atoms with E-state index in [1.807, 2.05) is 80.6 Å². The summed E-state index contributed by atoms with van der Waals surface area (Å²) < 4.78 is 0. The molecule has 0 aromatic heterocycles. The lowest BCUT2D eigenvalue weighted by atomic mass is 10.0. The quantitative estimate of drug-likeness (QED) is 0.468. The predicted molar refractivity (Wildman–Crippen MR) is 132 cm³/mol. The summed E-state index contributed by atoms with van der Waals surface area (Å²) in [6, 6.07) is 20.9. The molecule has 0 aliphatic carbocycles. The Hall–Kier alpha value is -3.67. The zero-order valence-electron chi connectivity index (χ0n) is 19.4. The number of hydrogen-bond donors (Lipinski definition) is 3. The molecule has 0 spiro atoms. The van der Waals surface area contributed by atoms with Gasteiger partial charge in [0.25, 0.3) is 0 Å². The second kappa shape index (κ2) is 11.3. The summed E-state index contributed by atoms with van der Waals surface area (Å²) in [4.78, 5) is 36.5. The molecule has 6 heteroatoms. The summed E-state index contributed by atoms with van der Waals surface area (Å²) in [5, 5.41) is 10.8. The molecule has 0 saturated carbocycles. The van der Waals surface area contributed by atoms with Gasteiger partial charge in [-0.3, -0.25) is 14.4 Å². The van der Waals surface area contributed by atoms with Crippen LogP contribution in [0.3, 0.4) is 0 Å². The normalized spacial score (nSPS) is 11.8. The number of hydrogen-bond acceptors (Lipinski definition) is 3. The van der Waals surface area contributed by atoms with Crippen LogP contribution in [0.1, 0.15) is 31.9 Å². The van der Waals surface area contributed by atoms with E-state index in [1.165, 1.54) is 6.92 Å². The van der Waals surface area contributed by atoms with Crippen LogP contribution < -0.4 is 16.0 Å². The molecule has 0 saturated heterocycles. The van der Waals surface area contributed by atoms with Crippen LogP contribution in [0.2, 0.25) is 0 Å². The fraction of sp³-hybridized carbons (Fsp3) is 0.296. The molecular formula is C27H31N3O3. The predicted octanol–water partition coefficient (Wildman–Crippen LogP) is 3.84. The molecule has 0 aliphatic rings. The highest BCUT2D eigenvalue weighted by Gasteiger charge is 2.23. The molecule has 3 amide bonds. The van der Waals surface area contributed by atoms with E-state index in [0.29, 0.717) is 13.0 Å². The van der Waals surface area contributed by atoms with Crippen molar-refractivity contribution in [2.75, 3.05) is 11.9 Å². The van der Waals surface area contributed by atoms with Gasteiger partial charge in [0, 0.05) is 19.2 Å². The van der Waals surface area contributed by atoms with Gasteiger partial charge in [-0.15, -0.1) is 0 Å². The molecular weight excluding hydrogens is 414 g/mol. The number of anilines is 1. The van der Waals surface area contributed by atoms with Crippen LogP contribution in [0.25, 0.3) is 10.8 Å². The minimum absolute atomic E-state index is 0.0394. The number of fused-ring (bicyclic) bond motifs is 1. The Balaban J connectivity index is 1.51. The molecule has 0 aliphatic heterocycles. The van der Waals surface area contributed by atoms with E-state index in [0.717, 1.165) is 27.6 Å². The van der Waals surface area contributed by atoms with Gasteiger partial charge < -0.3 is 16.0 Å². The van der Waals surface area contributed by atoms with Crippen molar-refractivity contribution in [1.82, 2.24) is 10.6 Å². The van der Waals surface area contributed by atoms with Gasteiger partial charge in [-0.1, -0.05) is 68.4 Å². The Labute approximate surface area is 194 Å². The van der Waals surface area contributed by atoms with Crippen LogP contribution in [0, 0.1) is 5.92 Å². The van der Waals surface area contributed by atoms with Crippen LogP contribution in [-0.2, 0) is 27.2 Å². The highest BCUT2D eigenvalue weighted by Crippen LogP contribution is 2.16. The number of carbonyl (C=O) groups excluding carboxylic acids is 3. The number of carbonyl (C=O) groups is 3. The maximum absolute atomic E-state index is 12.7. The molecule has 0 radical (unpaired) electrons. The Kier molecular flexibility index (Phi) is 8.19. The van der Waals surface area contributed by atoms with Gasteiger partial charge in [-0.2, -0.15) is 0 Å². The van der Waals surface area contributed by atoms with Crippen molar-refractivity contribution in [1.29, 1.82) is 0 Å². The van der Waals surface area contributed by atoms with Gasteiger partial charge in [-0.25, -0.2) is 0 Å². The van der Waals surface area contributed by atoms with Crippen molar-refractivity contribution in [3.8, 4) is 0 Å². The van der Waals surface area contributed by atoms with Crippen LogP contribution in [0.15, 0.2) is 66.7 Å². The van der Waals surface area contributed by atoms with E-state index in [4.69, 9.17) is 0 Å². The van der Waals surface area contributed by atoms with E-state index in [1.54, 1.807) is 0 Å². The zero-order chi connectivity index (χ0) is 23.8. The fourth-order valence-electron chi connectivity index (χ4n) is 3.69. The molecule has 3 N–H and O–H groups in total. The summed E-state index contributed by atoms with van der Waals surface area (Å²) in [6.45, 7) is 5.76. The Bertz CT molecular complexity index is 1120. The maximum Gasteiger partial charge on any atom is 0.242 e. The van der Waals surface area contributed by atoms with E-state index in [-0.39, 0.29) is 30.1 Å². The summed E-state index contributed by atoms with van der Waals surface area (Å²) in [7, 11) is 0. The van der Waals surface area contributed by atoms with E-state index < -0.39 is 6.04 Å². The van der Waals surface area contributed by atoms with Crippen molar-refractivity contribution in [2.45, 2.75) is 39.7 Å². The molecule has 0 heterocycles. The molecule has 3 aromatic carbocycles. The lowest BCUT2D eigenvalue weighted by Crippen LogP contribution is -2.50. The van der Waals surface area contributed by atoms with Crippen molar-refractivity contribution >= 4 is 34.2 Å². The zero-order valence-corrected chi connectivity index (χ0v) is 19.4. The third-order valence-electron chi connectivity index (χ3n) is 5.43. The SMILES string of the molecule is CC(=O)Nc1ccc(CCNC(=O)C(NC(=O)Cc2ccc3ccccc3c2)C(C)C)cc1. The smallest absolute Gasteiger partial charge is 0.242 e. The lowest BCUT2D eigenvalue weighted by Gasteiger charge is -2.22. The second-order valence-corrected chi connectivity index (χ2v) is 8.57. The summed E-state index contributed by atoms with van der Waals surface area (Å²) >= 11 is 0. The van der Waals surface area contributed by atoms with Gasteiger partial charge in [0.05, 0.1) is 6.42 Å². The molecule has 3 aromatic rings. The van der Waals surface area contributed by atoms with Gasteiger partial charge in [0.1, 0.15) is 6.04 Å². The van der Waals surface area contributed by atoms with Crippen molar-refractivity contribution in [3.63, 3.8) is 0 Å². The minimum Gasteiger partial charge on any atom is -0.354 e. The van der Waals surface area contributed by atoms with Crippen molar-refractivity contribution in [2.24, 2.45) is 5.92 Å². The Morgan fingerprint density at radius 3 is 2.18 bits per heavy atom. The molecule has 3 rings (SSSR count). The van der Waals surface area contributed by atoms with Crippen LogP contribution in [0.4, 0.5) is 5.69 Å². The lowest BCUT2D eigenvalue weighted by molar-refractivity contribution is -0.129. The standard InChI is InChI=1S/C27H31N3O3/c1-18(2)26(27(33)28-15-14-20-9-12-24(13-10-20)29-19(3)31)30-25(32)17-21-8-11-22-6-4-5-7-23(22)16-21/h4-13,16,18,26H,14-15,17H2,1-3H3,(H,28,33)(H,29,31)(H,30,32). The summed E-state index contributed by atoms with van der Waals surface area (Å²) in [6.07, 6.45) is 0.879. The average molecular weight is 446 g/mol. The molecule has 0 bridgehead atoms. The number of amides is 3. The first-order valence-corrected chi connectivity index (χ1v) is 11.2. The van der Waals surface area contributed by atoms with Crippen LogP contribution >= 0.6 is 0 Å². The number of rotatable bonds is 9. The molecule has 33 heavy (non-hydrogen) atoms. The minimum atomic E-state index is -0.597. The van der Waals surface area contributed by atoms with Crippen LogP contribution in [-0.4, -0.2) is 30.3 Å². The van der Waals surface area contributed by atoms with Gasteiger partial charge in [0.15, 0.2) is 0 Å². The maximum atomic E-state index is 12.7. The molecule has 0 fully saturated rings. The van der Waals surface area contributed by atoms with Gasteiger partial charge in [0.2, 0.25) is 17.7 Å². The Morgan fingerprint density at radius 2 is 1.52 bits per heavy atom. The summed E-state index contributed by atoms with van der Waals surface area (Å²) in [5.41, 5.74) is 2.70. The van der Waals surface area contributed by atoms with Gasteiger partial charge >= 0.3 is 0 Å².